The first kappa shape index (κ1) is 18.9. The second-order valence-electron chi connectivity index (χ2n) is 6.39. The number of alkyl halides is 4. The lowest BCUT2D eigenvalue weighted by molar-refractivity contribution is -0.138. The molecule has 0 spiro atoms. The first-order chi connectivity index (χ1) is 12.7. The summed E-state index contributed by atoms with van der Waals surface area (Å²) in [5.41, 5.74) is 1.03. The Bertz CT molecular complexity index is 1010. The molecule has 3 nitrogen and oxygen atoms in total. The Morgan fingerprint density at radius 1 is 1.11 bits per heavy atom. The van der Waals surface area contributed by atoms with Crippen molar-refractivity contribution in [2.24, 2.45) is 0 Å². The average Bonchev–Trinajstić information content (AvgIpc) is 2.92. The van der Waals surface area contributed by atoms with Crippen LogP contribution in [0.2, 0.25) is 0 Å². The Kier molecular flexibility index (Phi) is 4.95. The monoisotopic (exact) mass is 379 g/mol. The average molecular weight is 379 g/mol. The number of aromatic carboxylic acids is 1. The highest BCUT2D eigenvalue weighted by molar-refractivity contribution is 5.94. The summed E-state index contributed by atoms with van der Waals surface area (Å²) in [7, 11) is 0. The van der Waals surface area contributed by atoms with Gasteiger partial charge in [0.1, 0.15) is 6.67 Å². The molecule has 1 N–H and O–H groups in total. The van der Waals surface area contributed by atoms with Crippen LogP contribution in [0.3, 0.4) is 0 Å². The number of benzene rings is 2. The molecule has 0 aliphatic heterocycles. The maximum Gasteiger partial charge on any atom is 0.416 e. The van der Waals surface area contributed by atoms with E-state index in [0.29, 0.717) is 22.2 Å². The molecular formula is C20H17F4NO2. The largest absolute Gasteiger partial charge is 0.478 e. The fourth-order valence-corrected chi connectivity index (χ4v) is 3.26. The standard InChI is InChI=1S/C20H17F4NO2/c1-12-2-3-13(17(8-12)20(22,23)24)10-16-11-15-9-14(19(26)27)4-5-18(15)25(16)7-6-21/h2-5,8-9,11H,6-7,10H2,1H3,(H,26,27). The quantitative estimate of drug-likeness (QED) is 0.617. The SMILES string of the molecule is Cc1ccc(Cc2cc3cc(C(=O)O)ccc3n2CCF)c(C(F)(F)F)c1. The summed E-state index contributed by atoms with van der Waals surface area (Å²) in [5.74, 6) is -1.10. The van der Waals surface area contributed by atoms with Crippen molar-refractivity contribution in [1.29, 1.82) is 0 Å². The number of nitrogens with zero attached hydrogens (tertiary/aromatic N) is 1. The Morgan fingerprint density at radius 2 is 1.85 bits per heavy atom. The Morgan fingerprint density at radius 3 is 2.48 bits per heavy atom. The van der Waals surface area contributed by atoms with Gasteiger partial charge in [-0.2, -0.15) is 13.2 Å². The molecule has 0 aliphatic carbocycles. The summed E-state index contributed by atoms with van der Waals surface area (Å²) in [6.07, 6.45) is -4.53. The number of carboxylic acid groups (broad SMARTS) is 1. The number of fused-ring (bicyclic) bond motifs is 1. The van der Waals surface area contributed by atoms with Crippen LogP contribution < -0.4 is 0 Å². The van der Waals surface area contributed by atoms with E-state index in [-0.39, 0.29) is 24.1 Å². The van der Waals surface area contributed by atoms with Gasteiger partial charge in [-0.15, -0.1) is 0 Å². The number of hydrogen-bond acceptors (Lipinski definition) is 1. The maximum absolute atomic E-state index is 13.4. The van der Waals surface area contributed by atoms with Crippen molar-refractivity contribution in [3.8, 4) is 0 Å². The van der Waals surface area contributed by atoms with Crippen LogP contribution >= 0.6 is 0 Å². The zero-order valence-corrected chi connectivity index (χ0v) is 14.5. The number of aryl methyl sites for hydroxylation is 2. The van der Waals surface area contributed by atoms with Gasteiger partial charge in [-0.3, -0.25) is 0 Å². The van der Waals surface area contributed by atoms with Crippen LogP contribution in [0.4, 0.5) is 17.6 Å². The maximum atomic E-state index is 13.4. The Labute approximate surface area is 152 Å². The predicted molar refractivity (Wildman–Crippen MR) is 93.9 cm³/mol. The minimum Gasteiger partial charge on any atom is -0.478 e. The van der Waals surface area contributed by atoms with Crippen LogP contribution in [0.1, 0.15) is 32.7 Å². The summed E-state index contributed by atoms with van der Waals surface area (Å²) in [5, 5.41) is 9.67. The van der Waals surface area contributed by atoms with Crippen LogP contribution in [0.15, 0.2) is 42.5 Å². The molecule has 0 bridgehead atoms. The lowest BCUT2D eigenvalue weighted by Crippen LogP contribution is -2.12. The molecular weight excluding hydrogens is 362 g/mol. The number of carboxylic acids is 1. The Hall–Kier alpha value is -2.83. The second-order valence-corrected chi connectivity index (χ2v) is 6.39. The highest BCUT2D eigenvalue weighted by Crippen LogP contribution is 2.34. The molecule has 2 aromatic carbocycles. The molecule has 3 aromatic rings. The smallest absolute Gasteiger partial charge is 0.416 e. The third-order valence-corrected chi connectivity index (χ3v) is 4.48. The number of carbonyl (C=O) groups is 1. The zero-order chi connectivity index (χ0) is 19.8. The molecule has 3 rings (SSSR count). The van der Waals surface area contributed by atoms with E-state index < -0.39 is 24.4 Å². The van der Waals surface area contributed by atoms with Gasteiger partial charge in [-0.05, 0) is 42.8 Å². The number of aromatic nitrogens is 1. The van der Waals surface area contributed by atoms with Crippen LogP contribution in [-0.4, -0.2) is 22.3 Å². The molecule has 0 saturated carbocycles. The molecule has 0 aliphatic rings. The van der Waals surface area contributed by atoms with Crippen molar-refractivity contribution >= 4 is 16.9 Å². The van der Waals surface area contributed by atoms with E-state index in [2.05, 4.69) is 0 Å². The lowest BCUT2D eigenvalue weighted by atomic mass is 10.00. The molecule has 0 fully saturated rings. The third-order valence-electron chi connectivity index (χ3n) is 4.48. The summed E-state index contributed by atoms with van der Waals surface area (Å²) < 4.78 is 54.8. The van der Waals surface area contributed by atoms with Gasteiger partial charge < -0.3 is 9.67 Å². The van der Waals surface area contributed by atoms with Gasteiger partial charge in [0.15, 0.2) is 0 Å². The lowest BCUT2D eigenvalue weighted by Gasteiger charge is -2.15. The molecule has 27 heavy (non-hydrogen) atoms. The predicted octanol–water partition coefficient (Wildman–Crippen LogP) is 5.23. The van der Waals surface area contributed by atoms with Crippen molar-refractivity contribution in [2.75, 3.05) is 6.67 Å². The van der Waals surface area contributed by atoms with Gasteiger partial charge >= 0.3 is 12.1 Å². The minimum atomic E-state index is -4.49. The topological polar surface area (TPSA) is 42.2 Å². The molecule has 1 heterocycles. The van der Waals surface area contributed by atoms with Crippen LogP contribution in [-0.2, 0) is 19.1 Å². The second kappa shape index (κ2) is 7.06. The van der Waals surface area contributed by atoms with Gasteiger partial charge in [-0.1, -0.05) is 17.7 Å². The van der Waals surface area contributed by atoms with Crippen LogP contribution in [0, 0.1) is 6.92 Å². The van der Waals surface area contributed by atoms with Gasteiger partial charge in [0.05, 0.1) is 17.7 Å². The summed E-state index contributed by atoms with van der Waals surface area (Å²) in [6.45, 7) is 0.891. The molecule has 0 amide bonds. The third kappa shape index (κ3) is 3.82. The van der Waals surface area contributed by atoms with Crippen LogP contribution in [0.5, 0.6) is 0 Å². The van der Waals surface area contributed by atoms with E-state index >= 15 is 0 Å². The molecule has 0 unspecified atom stereocenters. The first-order valence-electron chi connectivity index (χ1n) is 8.29. The molecule has 142 valence electrons. The van der Waals surface area contributed by atoms with Gasteiger partial charge in [-0.25, -0.2) is 9.18 Å². The molecule has 0 saturated heterocycles. The zero-order valence-electron chi connectivity index (χ0n) is 14.5. The van der Waals surface area contributed by atoms with Crippen molar-refractivity contribution in [1.82, 2.24) is 4.57 Å². The normalized spacial score (nSPS) is 11.9. The molecule has 7 heteroatoms. The number of hydrogen-bond donors (Lipinski definition) is 1. The van der Waals surface area contributed by atoms with Gasteiger partial charge in [0.25, 0.3) is 0 Å². The molecule has 0 atom stereocenters. The first-order valence-corrected chi connectivity index (χ1v) is 8.29. The van der Waals surface area contributed by atoms with Crippen LogP contribution in [0.25, 0.3) is 10.9 Å². The number of halogens is 4. The van der Waals surface area contributed by atoms with E-state index in [1.54, 1.807) is 29.7 Å². The summed E-state index contributed by atoms with van der Waals surface area (Å²) in [4.78, 5) is 11.1. The summed E-state index contributed by atoms with van der Waals surface area (Å²) in [6, 6.07) is 10.1. The minimum absolute atomic E-state index is 0.0154. The van der Waals surface area contributed by atoms with Gasteiger partial charge in [0.2, 0.25) is 0 Å². The van der Waals surface area contributed by atoms with Crippen molar-refractivity contribution < 1.29 is 27.5 Å². The molecule has 1 aromatic heterocycles. The number of rotatable bonds is 5. The highest BCUT2D eigenvalue weighted by Gasteiger charge is 2.33. The summed E-state index contributed by atoms with van der Waals surface area (Å²) >= 11 is 0. The Balaban J connectivity index is 2.12. The highest BCUT2D eigenvalue weighted by atomic mass is 19.4. The van der Waals surface area contributed by atoms with E-state index in [0.717, 1.165) is 6.07 Å². The van der Waals surface area contributed by atoms with E-state index in [1.165, 1.54) is 18.2 Å². The van der Waals surface area contributed by atoms with Crippen molar-refractivity contribution in [2.45, 2.75) is 26.1 Å². The van der Waals surface area contributed by atoms with E-state index in [1.807, 2.05) is 0 Å². The van der Waals surface area contributed by atoms with Crippen molar-refractivity contribution in [3.05, 3.63) is 70.4 Å². The fraction of sp³-hybridized carbons (Fsp3) is 0.250. The molecule has 0 radical (unpaired) electrons. The van der Waals surface area contributed by atoms with E-state index in [9.17, 15) is 22.4 Å². The van der Waals surface area contributed by atoms with Crippen molar-refractivity contribution in [3.63, 3.8) is 0 Å². The van der Waals surface area contributed by atoms with Gasteiger partial charge in [0, 0.05) is 23.0 Å². The van der Waals surface area contributed by atoms with E-state index in [4.69, 9.17) is 5.11 Å². The fourth-order valence-electron chi connectivity index (χ4n) is 3.26.